The maximum atomic E-state index is 11.9. The number of urea groups is 1. The predicted molar refractivity (Wildman–Crippen MR) is 72.1 cm³/mol. The minimum atomic E-state index is -1.60. The van der Waals surface area contributed by atoms with Crippen LogP contribution in [0.15, 0.2) is 18.2 Å². The van der Waals surface area contributed by atoms with Crippen LogP contribution in [0.5, 0.6) is 0 Å². The van der Waals surface area contributed by atoms with Crippen LogP contribution in [0.2, 0.25) is 0 Å². The van der Waals surface area contributed by atoms with Crippen molar-refractivity contribution in [2.45, 2.75) is 26.5 Å². The monoisotopic (exact) mass is 281 g/mol. The van der Waals surface area contributed by atoms with Crippen molar-refractivity contribution < 1.29 is 19.8 Å². The van der Waals surface area contributed by atoms with Crippen LogP contribution >= 0.6 is 0 Å². The number of aliphatic hydroxyl groups excluding tert-OH is 1. The van der Waals surface area contributed by atoms with Crippen LogP contribution < -0.4 is 5.32 Å². The largest absolute Gasteiger partial charge is 0.479 e. The molecule has 2 amide bonds. The van der Waals surface area contributed by atoms with Crippen LogP contribution in [-0.2, 0) is 11.3 Å². The zero-order chi connectivity index (χ0) is 15.1. The number of pyridine rings is 1. The first kappa shape index (κ1) is 15.9. The van der Waals surface area contributed by atoms with E-state index < -0.39 is 18.1 Å². The summed E-state index contributed by atoms with van der Waals surface area (Å²) in [6.45, 7) is 4.12. The van der Waals surface area contributed by atoms with E-state index in [1.54, 1.807) is 0 Å². The number of carbonyl (C=O) groups is 2. The average molecular weight is 281 g/mol. The smallest absolute Gasteiger partial charge is 0.334 e. The van der Waals surface area contributed by atoms with Crippen molar-refractivity contribution in [1.29, 1.82) is 0 Å². The fourth-order valence-electron chi connectivity index (χ4n) is 1.59. The molecule has 0 fully saturated rings. The minimum Gasteiger partial charge on any atom is -0.479 e. The van der Waals surface area contributed by atoms with Gasteiger partial charge >= 0.3 is 12.0 Å². The van der Waals surface area contributed by atoms with Crippen molar-refractivity contribution in [2.75, 3.05) is 13.1 Å². The summed E-state index contributed by atoms with van der Waals surface area (Å²) in [6.07, 6.45) is -1.60. The van der Waals surface area contributed by atoms with Crippen molar-refractivity contribution in [1.82, 2.24) is 15.2 Å². The first-order valence-corrected chi connectivity index (χ1v) is 6.30. The molecule has 0 saturated carbocycles. The summed E-state index contributed by atoms with van der Waals surface area (Å²) in [6, 6.07) is 5.10. The Bertz CT molecular complexity index is 478. The lowest BCUT2D eigenvalue weighted by Gasteiger charge is -2.21. The molecule has 1 rings (SSSR count). The number of hydrogen-bond acceptors (Lipinski definition) is 4. The molecule has 0 aliphatic rings. The number of nitrogens with one attached hydrogen (secondary N) is 1. The number of nitrogens with zero attached hydrogens (tertiary/aromatic N) is 2. The SMILES string of the molecule is CCN(Cc1cccc(C)n1)C(=O)NCC(O)C(=O)O. The molecule has 110 valence electrons. The summed E-state index contributed by atoms with van der Waals surface area (Å²) in [5.74, 6) is -1.37. The number of amides is 2. The molecular formula is C13H19N3O4. The molecule has 1 unspecified atom stereocenters. The van der Waals surface area contributed by atoms with Crippen LogP contribution in [0.25, 0.3) is 0 Å². The van der Waals surface area contributed by atoms with Gasteiger partial charge in [0, 0.05) is 12.2 Å². The van der Waals surface area contributed by atoms with Crippen LogP contribution in [0.3, 0.4) is 0 Å². The summed E-state index contributed by atoms with van der Waals surface area (Å²) in [4.78, 5) is 28.1. The molecule has 1 atom stereocenters. The van der Waals surface area contributed by atoms with Gasteiger partial charge in [0.2, 0.25) is 0 Å². The third kappa shape index (κ3) is 4.85. The Morgan fingerprint density at radius 3 is 2.70 bits per heavy atom. The average Bonchev–Trinajstić information content (AvgIpc) is 2.41. The Hall–Kier alpha value is -2.15. The molecule has 0 saturated heterocycles. The van der Waals surface area contributed by atoms with E-state index in [-0.39, 0.29) is 6.54 Å². The first-order chi connectivity index (χ1) is 9.43. The normalized spacial score (nSPS) is 11.8. The molecule has 3 N–H and O–H groups in total. The highest BCUT2D eigenvalue weighted by Gasteiger charge is 2.17. The lowest BCUT2D eigenvalue weighted by atomic mass is 10.3. The highest BCUT2D eigenvalue weighted by atomic mass is 16.4. The highest BCUT2D eigenvalue weighted by Crippen LogP contribution is 2.03. The van der Waals surface area contributed by atoms with Crippen LogP contribution in [0.1, 0.15) is 18.3 Å². The minimum absolute atomic E-state index is 0.327. The van der Waals surface area contributed by atoms with Gasteiger partial charge in [-0.15, -0.1) is 0 Å². The van der Waals surface area contributed by atoms with Gasteiger partial charge in [-0.25, -0.2) is 9.59 Å². The second-order valence-corrected chi connectivity index (χ2v) is 4.32. The number of aromatic nitrogens is 1. The third-order valence-electron chi connectivity index (χ3n) is 2.70. The molecule has 7 heteroatoms. The lowest BCUT2D eigenvalue weighted by molar-refractivity contribution is -0.146. The molecule has 0 aliphatic carbocycles. The Labute approximate surface area is 117 Å². The van der Waals surface area contributed by atoms with Gasteiger partial charge in [0.15, 0.2) is 6.10 Å². The molecule has 0 bridgehead atoms. The van der Waals surface area contributed by atoms with Crippen molar-refractivity contribution in [3.05, 3.63) is 29.6 Å². The molecule has 0 radical (unpaired) electrons. The standard InChI is InChI=1S/C13H19N3O4/c1-3-16(8-10-6-4-5-9(2)15-10)13(20)14-7-11(17)12(18)19/h4-6,11,17H,3,7-8H2,1-2H3,(H,14,20)(H,18,19). The van der Waals surface area contributed by atoms with Crippen LogP contribution in [-0.4, -0.2) is 51.3 Å². The van der Waals surface area contributed by atoms with Gasteiger partial charge in [-0.1, -0.05) is 6.07 Å². The van der Waals surface area contributed by atoms with Gasteiger partial charge in [0.1, 0.15) is 0 Å². The van der Waals surface area contributed by atoms with E-state index in [1.165, 1.54) is 4.90 Å². The maximum absolute atomic E-state index is 11.9. The number of aliphatic hydroxyl groups is 1. The van der Waals surface area contributed by atoms with E-state index in [1.807, 2.05) is 32.0 Å². The van der Waals surface area contributed by atoms with Gasteiger partial charge in [0.25, 0.3) is 0 Å². The zero-order valence-corrected chi connectivity index (χ0v) is 11.5. The number of rotatable bonds is 6. The van der Waals surface area contributed by atoms with Gasteiger partial charge in [-0.2, -0.15) is 0 Å². The molecule has 7 nitrogen and oxygen atoms in total. The Balaban J connectivity index is 2.57. The molecule has 1 aromatic rings. The molecule has 1 heterocycles. The van der Waals surface area contributed by atoms with E-state index in [0.717, 1.165) is 11.4 Å². The van der Waals surface area contributed by atoms with E-state index in [2.05, 4.69) is 10.3 Å². The van der Waals surface area contributed by atoms with E-state index in [0.29, 0.717) is 13.1 Å². The van der Waals surface area contributed by atoms with E-state index in [9.17, 15) is 9.59 Å². The van der Waals surface area contributed by atoms with Gasteiger partial charge in [-0.05, 0) is 26.0 Å². The summed E-state index contributed by atoms with van der Waals surface area (Å²) in [5, 5.41) is 20.0. The fourth-order valence-corrected chi connectivity index (χ4v) is 1.59. The van der Waals surface area contributed by atoms with Gasteiger partial charge in [-0.3, -0.25) is 4.98 Å². The first-order valence-electron chi connectivity index (χ1n) is 6.30. The summed E-state index contributed by atoms with van der Waals surface area (Å²) >= 11 is 0. The number of aryl methyl sites for hydroxylation is 1. The number of carboxylic acid groups (broad SMARTS) is 1. The molecule has 1 aromatic heterocycles. The summed E-state index contributed by atoms with van der Waals surface area (Å²) in [7, 11) is 0. The van der Waals surface area contributed by atoms with Gasteiger partial charge in [0.05, 0.1) is 18.8 Å². The molecule has 0 spiro atoms. The number of aliphatic carboxylic acids is 1. The second kappa shape index (κ2) is 7.44. The molecular weight excluding hydrogens is 262 g/mol. The highest BCUT2D eigenvalue weighted by molar-refractivity contribution is 5.76. The Morgan fingerprint density at radius 1 is 1.45 bits per heavy atom. The summed E-state index contributed by atoms with van der Waals surface area (Å²) < 4.78 is 0. The topological polar surface area (TPSA) is 103 Å². The van der Waals surface area contributed by atoms with Crippen molar-refractivity contribution >= 4 is 12.0 Å². The fraction of sp³-hybridized carbons (Fsp3) is 0.462. The third-order valence-corrected chi connectivity index (χ3v) is 2.70. The summed E-state index contributed by atoms with van der Waals surface area (Å²) in [5.41, 5.74) is 1.61. The second-order valence-electron chi connectivity index (χ2n) is 4.32. The number of carboxylic acids is 1. The molecule has 20 heavy (non-hydrogen) atoms. The van der Waals surface area contributed by atoms with Crippen molar-refractivity contribution in [3.63, 3.8) is 0 Å². The molecule has 0 aliphatic heterocycles. The predicted octanol–water partition coefficient (Wildman–Crippen LogP) is 0.367. The Morgan fingerprint density at radius 2 is 2.15 bits per heavy atom. The van der Waals surface area contributed by atoms with Crippen molar-refractivity contribution in [3.8, 4) is 0 Å². The number of hydrogen-bond donors (Lipinski definition) is 3. The van der Waals surface area contributed by atoms with Gasteiger partial charge < -0.3 is 20.4 Å². The zero-order valence-electron chi connectivity index (χ0n) is 11.5. The maximum Gasteiger partial charge on any atom is 0.334 e. The van der Waals surface area contributed by atoms with E-state index >= 15 is 0 Å². The van der Waals surface area contributed by atoms with Crippen molar-refractivity contribution in [2.24, 2.45) is 0 Å². The Kier molecular flexibility index (Phi) is 5.92. The molecule has 0 aromatic carbocycles. The van der Waals surface area contributed by atoms with Crippen LogP contribution in [0.4, 0.5) is 4.79 Å². The quantitative estimate of drug-likeness (QED) is 0.699. The number of carbonyl (C=O) groups excluding carboxylic acids is 1. The van der Waals surface area contributed by atoms with E-state index in [4.69, 9.17) is 10.2 Å². The lowest BCUT2D eigenvalue weighted by Crippen LogP contribution is -2.44. The van der Waals surface area contributed by atoms with Crippen LogP contribution in [0, 0.1) is 6.92 Å².